The first-order valence-electron chi connectivity index (χ1n) is 8.19. The van der Waals surface area contributed by atoms with Crippen molar-refractivity contribution in [3.63, 3.8) is 0 Å². The second-order valence-corrected chi connectivity index (χ2v) is 5.96. The second-order valence-electron chi connectivity index (χ2n) is 5.96. The van der Waals surface area contributed by atoms with E-state index in [1.807, 2.05) is 43.3 Å². The van der Waals surface area contributed by atoms with E-state index in [1.54, 1.807) is 19.4 Å². The Morgan fingerprint density at radius 1 is 0.962 bits per heavy atom. The number of ether oxygens (including phenoxy) is 1. The van der Waals surface area contributed by atoms with Gasteiger partial charge in [-0.3, -0.25) is 0 Å². The van der Waals surface area contributed by atoms with Crippen LogP contribution < -0.4 is 4.74 Å². The molecule has 0 radical (unpaired) electrons. The Morgan fingerprint density at radius 3 is 2.65 bits per heavy atom. The monoisotopic (exact) mass is 345 g/mol. The number of hydrogen-bond donors (Lipinski definition) is 0. The summed E-state index contributed by atoms with van der Waals surface area (Å²) < 4.78 is 19.2. The van der Waals surface area contributed by atoms with E-state index in [9.17, 15) is 4.39 Å². The lowest BCUT2D eigenvalue weighted by Gasteiger charge is -2.12. The number of methoxy groups -OCH3 is 1. The lowest BCUT2D eigenvalue weighted by atomic mass is 10.0. The van der Waals surface area contributed by atoms with Crippen molar-refractivity contribution >= 4 is 10.9 Å². The molecule has 0 unspecified atom stereocenters. The number of hydrogen-bond acceptors (Lipinski definition) is 4. The standard InChI is InChI=1S/C21H16FN3O/c1-13-7-9-18(21-23-12-14-5-3-4-6-17(14)25-21)24-20(13)16-11-15(22)8-10-19(16)26-2/h3-12H,1-2H3. The summed E-state index contributed by atoms with van der Waals surface area (Å²) in [6, 6.07) is 16.0. The molecule has 0 amide bonds. The molecule has 0 bridgehead atoms. The summed E-state index contributed by atoms with van der Waals surface area (Å²) in [4.78, 5) is 13.7. The topological polar surface area (TPSA) is 47.9 Å². The van der Waals surface area contributed by atoms with Crippen LogP contribution in [0.2, 0.25) is 0 Å². The van der Waals surface area contributed by atoms with Crippen LogP contribution in [0.3, 0.4) is 0 Å². The van der Waals surface area contributed by atoms with Crippen molar-refractivity contribution in [3.8, 4) is 28.5 Å². The Kier molecular flexibility index (Phi) is 4.05. The van der Waals surface area contributed by atoms with Gasteiger partial charge in [0.2, 0.25) is 0 Å². The number of para-hydroxylation sites is 1. The second kappa shape index (κ2) is 6.52. The number of rotatable bonds is 3. The van der Waals surface area contributed by atoms with Crippen molar-refractivity contribution in [1.29, 1.82) is 0 Å². The predicted molar refractivity (Wildman–Crippen MR) is 99.5 cm³/mol. The van der Waals surface area contributed by atoms with Crippen LogP contribution in [-0.2, 0) is 0 Å². The quantitative estimate of drug-likeness (QED) is 0.534. The predicted octanol–water partition coefficient (Wildman–Crippen LogP) is 4.81. The van der Waals surface area contributed by atoms with Gasteiger partial charge < -0.3 is 4.74 Å². The number of fused-ring (bicyclic) bond motifs is 1. The van der Waals surface area contributed by atoms with Crippen LogP contribution in [0.15, 0.2) is 60.8 Å². The number of halogens is 1. The molecule has 0 saturated carbocycles. The zero-order valence-electron chi connectivity index (χ0n) is 14.4. The van der Waals surface area contributed by atoms with Gasteiger partial charge in [-0.1, -0.05) is 24.3 Å². The largest absolute Gasteiger partial charge is 0.496 e. The molecule has 0 aliphatic heterocycles. The maximum atomic E-state index is 13.8. The van der Waals surface area contributed by atoms with E-state index in [4.69, 9.17) is 9.72 Å². The van der Waals surface area contributed by atoms with Crippen LogP contribution in [0.4, 0.5) is 4.39 Å². The molecule has 5 heteroatoms. The molecule has 0 fully saturated rings. The molecule has 0 spiro atoms. The van der Waals surface area contributed by atoms with Crippen molar-refractivity contribution in [3.05, 3.63) is 72.2 Å². The highest BCUT2D eigenvalue weighted by molar-refractivity contribution is 5.79. The first kappa shape index (κ1) is 16.1. The van der Waals surface area contributed by atoms with Gasteiger partial charge in [-0.05, 0) is 42.8 Å². The number of aryl methyl sites for hydroxylation is 1. The molecule has 2 aromatic heterocycles. The molecule has 2 heterocycles. The van der Waals surface area contributed by atoms with Gasteiger partial charge in [-0.2, -0.15) is 0 Å². The Bertz CT molecular complexity index is 1110. The number of benzene rings is 2. The number of nitrogens with zero attached hydrogens (tertiary/aromatic N) is 3. The molecule has 0 N–H and O–H groups in total. The molecule has 0 atom stereocenters. The summed E-state index contributed by atoms with van der Waals surface area (Å²) in [5.74, 6) is 0.758. The summed E-state index contributed by atoms with van der Waals surface area (Å²) in [7, 11) is 1.56. The zero-order valence-corrected chi connectivity index (χ0v) is 14.4. The average Bonchev–Trinajstić information content (AvgIpc) is 2.68. The summed E-state index contributed by atoms with van der Waals surface area (Å²) in [5.41, 5.74) is 3.65. The molecule has 128 valence electrons. The zero-order chi connectivity index (χ0) is 18.1. The third-order valence-corrected chi connectivity index (χ3v) is 4.23. The third-order valence-electron chi connectivity index (χ3n) is 4.23. The molecule has 0 saturated heterocycles. The smallest absolute Gasteiger partial charge is 0.178 e. The van der Waals surface area contributed by atoms with Crippen molar-refractivity contribution in [2.45, 2.75) is 6.92 Å². The van der Waals surface area contributed by atoms with Gasteiger partial charge in [-0.15, -0.1) is 0 Å². The van der Waals surface area contributed by atoms with Crippen LogP contribution in [0, 0.1) is 12.7 Å². The van der Waals surface area contributed by atoms with Crippen molar-refractivity contribution in [2.75, 3.05) is 7.11 Å². The molecular weight excluding hydrogens is 329 g/mol. The SMILES string of the molecule is COc1ccc(F)cc1-c1nc(-c2ncc3ccccc3n2)ccc1C. The lowest BCUT2D eigenvalue weighted by molar-refractivity contribution is 0.415. The summed E-state index contributed by atoms with van der Waals surface area (Å²) >= 11 is 0. The van der Waals surface area contributed by atoms with Gasteiger partial charge in [0.15, 0.2) is 5.82 Å². The van der Waals surface area contributed by atoms with Gasteiger partial charge in [0.25, 0.3) is 0 Å². The van der Waals surface area contributed by atoms with E-state index in [0.717, 1.165) is 16.5 Å². The number of aromatic nitrogens is 3. The minimum absolute atomic E-state index is 0.339. The first-order chi connectivity index (χ1) is 12.7. The minimum Gasteiger partial charge on any atom is -0.496 e. The fourth-order valence-corrected chi connectivity index (χ4v) is 2.89. The lowest BCUT2D eigenvalue weighted by Crippen LogP contribution is -1.98. The van der Waals surface area contributed by atoms with Crippen molar-refractivity contribution in [1.82, 2.24) is 15.0 Å². The maximum Gasteiger partial charge on any atom is 0.178 e. The Morgan fingerprint density at radius 2 is 1.81 bits per heavy atom. The minimum atomic E-state index is -0.339. The van der Waals surface area contributed by atoms with Crippen LogP contribution in [0.5, 0.6) is 5.75 Å². The fraction of sp³-hybridized carbons (Fsp3) is 0.0952. The molecular formula is C21H16FN3O. The van der Waals surface area contributed by atoms with E-state index in [2.05, 4.69) is 9.97 Å². The molecule has 4 nitrogen and oxygen atoms in total. The van der Waals surface area contributed by atoms with Crippen molar-refractivity contribution < 1.29 is 9.13 Å². The van der Waals surface area contributed by atoms with Crippen molar-refractivity contribution in [2.24, 2.45) is 0 Å². The molecule has 2 aromatic carbocycles. The molecule has 0 aliphatic rings. The highest BCUT2D eigenvalue weighted by atomic mass is 19.1. The summed E-state index contributed by atoms with van der Waals surface area (Å²) in [6.45, 7) is 1.93. The van der Waals surface area contributed by atoms with Crippen LogP contribution in [-0.4, -0.2) is 22.1 Å². The van der Waals surface area contributed by atoms with Crippen LogP contribution in [0.1, 0.15) is 5.56 Å². The highest BCUT2D eigenvalue weighted by Crippen LogP contribution is 2.32. The van der Waals surface area contributed by atoms with Crippen LogP contribution >= 0.6 is 0 Å². The molecule has 26 heavy (non-hydrogen) atoms. The Balaban J connectivity index is 1.87. The molecule has 4 rings (SSSR count). The van der Waals surface area contributed by atoms with E-state index in [-0.39, 0.29) is 5.82 Å². The average molecular weight is 345 g/mol. The van der Waals surface area contributed by atoms with Gasteiger partial charge in [0, 0.05) is 17.1 Å². The molecule has 0 aliphatic carbocycles. The first-order valence-corrected chi connectivity index (χ1v) is 8.19. The van der Waals surface area contributed by atoms with E-state index in [1.165, 1.54) is 12.1 Å². The third kappa shape index (κ3) is 2.88. The normalized spacial score (nSPS) is 10.9. The number of pyridine rings is 1. The van der Waals surface area contributed by atoms with Gasteiger partial charge in [-0.25, -0.2) is 19.3 Å². The highest BCUT2D eigenvalue weighted by Gasteiger charge is 2.14. The summed E-state index contributed by atoms with van der Waals surface area (Å²) in [6.07, 6.45) is 1.78. The Hall–Kier alpha value is -3.34. The van der Waals surface area contributed by atoms with E-state index >= 15 is 0 Å². The van der Waals surface area contributed by atoms with E-state index < -0.39 is 0 Å². The van der Waals surface area contributed by atoms with E-state index in [0.29, 0.717) is 28.5 Å². The summed E-state index contributed by atoms with van der Waals surface area (Å²) in [5, 5.41) is 0.968. The van der Waals surface area contributed by atoms with Crippen LogP contribution in [0.25, 0.3) is 33.7 Å². The van der Waals surface area contributed by atoms with Gasteiger partial charge in [0.1, 0.15) is 17.3 Å². The maximum absolute atomic E-state index is 13.8. The van der Waals surface area contributed by atoms with Gasteiger partial charge in [0.05, 0.1) is 18.3 Å². The van der Waals surface area contributed by atoms with Gasteiger partial charge >= 0.3 is 0 Å². The fourth-order valence-electron chi connectivity index (χ4n) is 2.89. The Labute approximate surface area is 150 Å². The molecule has 4 aromatic rings.